The molecule has 1 atom stereocenters. The molecular weight excluding hydrogens is 444 g/mol. The lowest BCUT2D eigenvalue weighted by Gasteiger charge is -2.18. The largest absolute Gasteiger partial charge is 0.456 e. The van der Waals surface area contributed by atoms with E-state index in [1.54, 1.807) is 21.0 Å². The summed E-state index contributed by atoms with van der Waals surface area (Å²) in [5.74, 6) is 0.576. The van der Waals surface area contributed by atoms with Crippen LogP contribution in [0.1, 0.15) is 33.6 Å². The van der Waals surface area contributed by atoms with E-state index in [-0.39, 0.29) is 27.4 Å². The van der Waals surface area contributed by atoms with Gasteiger partial charge in [-0.05, 0) is 51.0 Å². The molecule has 2 aromatic carbocycles. The molecule has 2 aromatic rings. The van der Waals surface area contributed by atoms with E-state index in [4.69, 9.17) is 21.1 Å². The second-order valence-electron chi connectivity index (χ2n) is 7.26. The molecule has 10 heteroatoms. The smallest absolute Gasteiger partial charge is 0.292 e. The maximum absolute atomic E-state index is 12.3. The molecule has 31 heavy (non-hydrogen) atoms. The summed E-state index contributed by atoms with van der Waals surface area (Å²) in [4.78, 5) is 11.1. The van der Waals surface area contributed by atoms with Crippen LogP contribution in [0.25, 0.3) is 0 Å². The standard InChI is InChI=1S/C21H27ClN2O6S/c1-5-15(10-11-29-4)23-19-12-16(6-8-20(19)24(25)26)30-21-9-7-17(13-18(21)22)31(27,28)14(2)3/h6-9,12-15,23H,5,10-11H2,1-4H3. The van der Waals surface area contributed by atoms with Crippen LogP contribution in [0, 0.1) is 10.1 Å². The molecule has 0 aromatic heterocycles. The number of methoxy groups -OCH3 is 1. The first kappa shape index (κ1) is 24.9. The summed E-state index contributed by atoms with van der Waals surface area (Å²) in [6.07, 6.45) is 1.44. The molecule has 0 aliphatic heterocycles. The minimum Gasteiger partial charge on any atom is -0.456 e. The third kappa shape index (κ3) is 6.32. The molecule has 0 fully saturated rings. The topological polar surface area (TPSA) is 108 Å². The Morgan fingerprint density at radius 3 is 2.45 bits per heavy atom. The third-order valence-electron chi connectivity index (χ3n) is 4.77. The Morgan fingerprint density at radius 1 is 1.19 bits per heavy atom. The SMILES string of the molecule is CCC(CCOC)Nc1cc(Oc2ccc(S(=O)(=O)C(C)C)cc2Cl)ccc1[N+](=O)[O-]. The Hall–Kier alpha value is -2.36. The van der Waals surface area contributed by atoms with Crippen molar-refractivity contribution in [1.82, 2.24) is 0 Å². The molecule has 8 nitrogen and oxygen atoms in total. The summed E-state index contributed by atoms with van der Waals surface area (Å²) in [5, 5.41) is 14.2. The fourth-order valence-electron chi connectivity index (χ4n) is 2.85. The Labute approximate surface area is 187 Å². The van der Waals surface area contributed by atoms with Gasteiger partial charge in [-0.15, -0.1) is 0 Å². The number of hydrogen-bond donors (Lipinski definition) is 1. The molecule has 0 aliphatic rings. The van der Waals surface area contributed by atoms with E-state index in [1.165, 1.54) is 36.4 Å². The summed E-state index contributed by atoms with van der Waals surface area (Å²) < 4.78 is 35.5. The number of benzene rings is 2. The molecule has 0 saturated heterocycles. The van der Waals surface area contributed by atoms with Crippen LogP contribution in [-0.4, -0.2) is 38.3 Å². The van der Waals surface area contributed by atoms with Crippen molar-refractivity contribution in [2.24, 2.45) is 0 Å². The highest BCUT2D eigenvalue weighted by atomic mass is 35.5. The maximum atomic E-state index is 12.3. The van der Waals surface area contributed by atoms with Crippen molar-refractivity contribution in [3.8, 4) is 11.5 Å². The van der Waals surface area contributed by atoms with Crippen molar-refractivity contribution in [2.45, 2.75) is 49.8 Å². The molecule has 0 spiro atoms. The van der Waals surface area contributed by atoms with Gasteiger partial charge in [0, 0.05) is 31.9 Å². The van der Waals surface area contributed by atoms with Crippen molar-refractivity contribution >= 4 is 32.8 Å². The number of nitro benzene ring substituents is 1. The number of nitrogens with one attached hydrogen (secondary N) is 1. The first-order valence-corrected chi connectivity index (χ1v) is 11.8. The van der Waals surface area contributed by atoms with Crippen molar-refractivity contribution in [3.05, 3.63) is 51.5 Å². The molecule has 0 amide bonds. The minimum atomic E-state index is -3.47. The van der Waals surface area contributed by atoms with E-state index in [0.717, 1.165) is 6.42 Å². The van der Waals surface area contributed by atoms with Crippen LogP contribution < -0.4 is 10.1 Å². The average Bonchev–Trinajstić information content (AvgIpc) is 2.72. The molecule has 0 bridgehead atoms. The Bertz CT molecular complexity index is 1030. The van der Waals surface area contributed by atoms with Crippen LogP contribution in [0.4, 0.5) is 11.4 Å². The summed E-state index contributed by atoms with van der Waals surface area (Å²) in [5.41, 5.74) is 0.244. The first-order chi connectivity index (χ1) is 14.6. The zero-order valence-electron chi connectivity index (χ0n) is 17.9. The van der Waals surface area contributed by atoms with Crippen molar-refractivity contribution in [2.75, 3.05) is 19.0 Å². The fraction of sp³-hybridized carbons (Fsp3) is 0.429. The number of hydrogen-bond acceptors (Lipinski definition) is 7. The van der Waals surface area contributed by atoms with Crippen molar-refractivity contribution < 1.29 is 22.8 Å². The van der Waals surface area contributed by atoms with E-state index < -0.39 is 20.0 Å². The van der Waals surface area contributed by atoms with Crippen LogP contribution in [0.15, 0.2) is 41.3 Å². The lowest BCUT2D eigenvalue weighted by Crippen LogP contribution is -2.21. The predicted octanol–water partition coefficient (Wildman–Crippen LogP) is 5.45. The van der Waals surface area contributed by atoms with E-state index in [9.17, 15) is 18.5 Å². The van der Waals surface area contributed by atoms with Gasteiger partial charge in [0.25, 0.3) is 5.69 Å². The first-order valence-electron chi connectivity index (χ1n) is 9.85. The average molecular weight is 471 g/mol. The van der Waals surface area contributed by atoms with Gasteiger partial charge >= 0.3 is 0 Å². The van der Waals surface area contributed by atoms with Crippen LogP contribution >= 0.6 is 11.6 Å². The zero-order chi connectivity index (χ0) is 23.2. The monoisotopic (exact) mass is 470 g/mol. The molecule has 1 N–H and O–H groups in total. The Balaban J connectivity index is 2.32. The van der Waals surface area contributed by atoms with E-state index in [0.29, 0.717) is 24.5 Å². The van der Waals surface area contributed by atoms with Gasteiger partial charge in [0.05, 0.1) is 20.1 Å². The number of anilines is 1. The van der Waals surface area contributed by atoms with Crippen LogP contribution in [-0.2, 0) is 14.6 Å². The van der Waals surface area contributed by atoms with Gasteiger partial charge in [-0.1, -0.05) is 18.5 Å². The molecule has 0 saturated carbocycles. The number of sulfone groups is 1. The molecule has 0 heterocycles. The Kier molecular flexibility index (Phi) is 8.67. The van der Waals surface area contributed by atoms with Gasteiger partial charge in [0.2, 0.25) is 0 Å². The zero-order valence-corrected chi connectivity index (χ0v) is 19.5. The lowest BCUT2D eigenvalue weighted by molar-refractivity contribution is -0.384. The number of ether oxygens (including phenoxy) is 2. The molecule has 0 aliphatic carbocycles. The quantitative estimate of drug-likeness (QED) is 0.343. The van der Waals surface area contributed by atoms with Crippen LogP contribution in [0.5, 0.6) is 11.5 Å². The van der Waals surface area contributed by atoms with Gasteiger partial charge in [0.15, 0.2) is 9.84 Å². The van der Waals surface area contributed by atoms with Gasteiger partial charge < -0.3 is 14.8 Å². The van der Waals surface area contributed by atoms with Gasteiger partial charge in [-0.3, -0.25) is 10.1 Å². The normalized spacial score (nSPS) is 12.6. The molecule has 0 radical (unpaired) electrons. The summed E-state index contributed by atoms with van der Waals surface area (Å²) in [6.45, 7) is 5.69. The second kappa shape index (κ2) is 10.8. The molecule has 2 rings (SSSR count). The van der Waals surface area contributed by atoms with Crippen LogP contribution in [0.3, 0.4) is 0 Å². The summed E-state index contributed by atoms with van der Waals surface area (Å²) in [6, 6.07) is 8.58. The third-order valence-corrected chi connectivity index (χ3v) is 7.22. The molecule has 170 valence electrons. The van der Waals surface area contributed by atoms with E-state index in [2.05, 4.69) is 5.32 Å². The van der Waals surface area contributed by atoms with Gasteiger partial charge in [0.1, 0.15) is 17.2 Å². The van der Waals surface area contributed by atoms with Crippen LogP contribution in [0.2, 0.25) is 5.02 Å². The number of rotatable bonds is 11. The number of nitrogens with zero attached hydrogens (tertiary/aromatic N) is 1. The number of halogens is 1. The van der Waals surface area contributed by atoms with Crippen molar-refractivity contribution in [3.63, 3.8) is 0 Å². The highest BCUT2D eigenvalue weighted by Crippen LogP contribution is 2.36. The lowest BCUT2D eigenvalue weighted by atomic mass is 10.1. The minimum absolute atomic E-state index is 0.0157. The van der Waals surface area contributed by atoms with Gasteiger partial charge in [-0.2, -0.15) is 0 Å². The molecule has 1 unspecified atom stereocenters. The summed E-state index contributed by atoms with van der Waals surface area (Å²) >= 11 is 6.25. The highest BCUT2D eigenvalue weighted by molar-refractivity contribution is 7.92. The maximum Gasteiger partial charge on any atom is 0.292 e. The molecular formula is C21H27ClN2O6S. The Morgan fingerprint density at radius 2 is 1.90 bits per heavy atom. The predicted molar refractivity (Wildman–Crippen MR) is 121 cm³/mol. The van der Waals surface area contributed by atoms with E-state index >= 15 is 0 Å². The van der Waals surface area contributed by atoms with Crippen molar-refractivity contribution in [1.29, 1.82) is 0 Å². The second-order valence-corrected chi connectivity index (χ2v) is 10.2. The van der Waals surface area contributed by atoms with Gasteiger partial charge in [-0.25, -0.2) is 8.42 Å². The fourth-order valence-corrected chi connectivity index (χ4v) is 4.22. The summed E-state index contributed by atoms with van der Waals surface area (Å²) in [7, 11) is -1.87. The number of nitro groups is 1. The van der Waals surface area contributed by atoms with E-state index in [1.807, 2.05) is 6.92 Å². The highest BCUT2D eigenvalue weighted by Gasteiger charge is 2.21.